The first-order chi connectivity index (χ1) is 7.78. The summed E-state index contributed by atoms with van der Waals surface area (Å²) in [5.41, 5.74) is 1.42. The van der Waals surface area contributed by atoms with Gasteiger partial charge in [0.1, 0.15) is 0 Å². The zero-order valence-electron chi connectivity index (χ0n) is 9.77. The molecule has 1 aliphatic rings. The first-order valence-corrected chi connectivity index (χ1v) is 7.59. The molecule has 4 heteroatoms. The molecule has 2 atom stereocenters. The maximum Gasteiger partial charge on any atom is 0.157 e. The lowest BCUT2D eigenvalue weighted by atomic mass is 10.1. The van der Waals surface area contributed by atoms with Crippen LogP contribution in [-0.2, 0) is 6.42 Å². The predicted octanol–water partition coefficient (Wildman–Crippen LogP) is 3.15. The van der Waals surface area contributed by atoms with Gasteiger partial charge in [0.25, 0.3) is 0 Å². The molecule has 2 rings (SSSR count). The van der Waals surface area contributed by atoms with Gasteiger partial charge in [-0.1, -0.05) is 18.7 Å². The molecule has 1 aromatic rings. The molecule has 0 radical (unpaired) electrons. The second-order valence-corrected chi connectivity index (χ2v) is 6.24. The van der Waals surface area contributed by atoms with Crippen LogP contribution >= 0.6 is 23.1 Å². The number of hydrogen-bond acceptors (Lipinski definition) is 4. The Labute approximate surface area is 106 Å². The van der Waals surface area contributed by atoms with E-state index in [1.807, 2.05) is 11.8 Å². The molecule has 0 amide bonds. The predicted molar refractivity (Wildman–Crippen MR) is 74.6 cm³/mol. The highest BCUT2D eigenvalue weighted by molar-refractivity contribution is 8.14. The Balaban J connectivity index is 1.78. The molecule has 0 fully saturated rings. The van der Waals surface area contributed by atoms with Gasteiger partial charge in [-0.3, -0.25) is 4.99 Å². The number of thiophene rings is 1. The van der Waals surface area contributed by atoms with Gasteiger partial charge >= 0.3 is 0 Å². The van der Waals surface area contributed by atoms with Crippen LogP contribution in [0, 0.1) is 0 Å². The number of rotatable bonds is 4. The van der Waals surface area contributed by atoms with Crippen LogP contribution in [0.25, 0.3) is 0 Å². The number of amidine groups is 1. The second-order valence-electron chi connectivity index (χ2n) is 4.18. The van der Waals surface area contributed by atoms with Gasteiger partial charge in [0.2, 0.25) is 0 Å². The van der Waals surface area contributed by atoms with E-state index in [-0.39, 0.29) is 0 Å². The maximum atomic E-state index is 4.53. The summed E-state index contributed by atoms with van der Waals surface area (Å²) in [5.74, 6) is 0. The zero-order valence-corrected chi connectivity index (χ0v) is 11.4. The largest absolute Gasteiger partial charge is 0.362 e. The van der Waals surface area contributed by atoms with Gasteiger partial charge in [-0.05, 0) is 42.2 Å². The van der Waals surface area contributed by atoms with Crippen LogP contribution in [0.1, 0.15) is 25.8 Å². The zero-order chi connectivity index (χ0) is 11.4. The molecular weight excluding hydrogens is 236 g/mol. The van der Waals surface area contributed by atoms with Crippen molar-refractivity contribution in [2.75, 3.05) is 6.54 Å². The van der Waals surface area contributed by atoms with Crippen molar-refractivity contribution in [3.63, 3.8) is 0 Å². The summed E-state index contributed by atoms with van der Waals surface area (Å²) in [6.45, 7) is 5.43. The third kappa shape index (κ3) is 3.25. The van der Waals surface area contributed by atoms with Gasteiger partial charge in [-0.15, -0.1) is 0 Å². The molecule has 2 unspecified atom stereocenters. The number of nitrogens with zero attached hydrogens (tertiary/aromatic N) is 1. The molecule has 2 nitrogen and oxygen atoms in total. The van der Waals surface area contributed by atoms with Crippen LogP contribution in [0.3, 0.4) is 0 Å². The van der Waals surface area contributed by atoms with Gasteiger partial charge in [-0.2, -0.15) is 11.3 Å². The average Bonchev–Trinajstić information content (AvgIpc) is 2.89. The van der Waals surface area contributed by atoms with Crippen LogP contribution in [0.4, 0.5) is 0 Å². The standard InChI is InChI=1S/C12H18N2S2/c1-3-11-7-13-12(16-11)14-9(2)6-10-4-5-15-8-10/h4-5,8-9,11H,3,6-7H2,1-2H3,(H,13,14). The highest BCUT2D eigenvalue weighted by Crippen LogP contribution is 2.22. The van der Waals surface area contributed by atoms with Crippen LogP contribution in [0.5, 0.6) is 0 Å². The SMILES string of the molecule is CCC1CN=C(NC(C)Cc2ccsc2)S1. The third-order valence-electron chi connectivity index (χ3n) is 2.66. The van der Waals surface area contributed by atoms with Crippen molar-refractivity contribution in [3.05, 3.63) is 22.4 Å². The van der Waals surface area contributed by atoms with Gasteiger partial charge in [-0.25, -0.2) is 0 Å². The fourth-order valence-electron chi connectivity index (χ4n) is 1.73. The molecule has 1 aromatic heterocycles. The van der Waals surface area contributed by atoms with Crippen LogP contribution in [-0.4, -0.2) is 23.0 Å². The minimum Gasteiger partial charge on any atom is -0.362 e. The second kappa shape index (κ2) is 5.73. The van der Waals surface area contributed by atoms with E-state index in [1.165, 1.54) is 12.0 Å². The lowest BCUT2D eigenvalue weighted by Crippen LogP contribution is -2.31. The highest BCUT2D eigenvalue weighted by atomic mass is 32.2. The van der Waals surface area contributed by atoms with Gasteiger partial charge in [0.05, 0.1) is 6.54 Å². The maximum absolute atomic E-state index is 4.53. The normalized spacial score (nSPS) is 21.9. The highest BCUT2D eigenvalue weighted by Gasteiger charge is 2.18. The first kappa shape index (κ1) is 12.0. The Bertz CT molecular complexity index is 346. The van der Waals surface area contributed by atoms with E-state index in [9.17, 15) is 0 Å². The minimum atomic E-state index is 0.469. The smallest absolute Gasteiger partial charge is 0.157 e. The van der Waals surface area contributed by atoms with E-state index in [4.69, 9.17) is 0 Å². The van der Waals surface area contributed by atoms with Gasteiger partial charge < -0.3 is 5.32 Å². The Morgan fingerprint density at radius 3 is 3.12 bits per heavy atom. The van der Waals surface area contributed by atoms with Crippen molar-refractivity contribution in [1.29, 1.82) is 0 Å². The lowest BCUT2D eigenvalue weighted by molar-refractivity contribution is 0.666. The van der Waals surface area contributed by atoms with E-state index in [0.29, 0.717) is 11.3 Å². The van der Waals surface area contributed by atoms with E-state index in [1.54, 1.807) is 11.3 Å². The molecule has 0 aliphatic carbocycles. The minimum absolute atomic E-state index is 0.469. The summed E-state index contributed by atoms with van der Waals surface area (Å²) in [6, 6.07) is 2.66. The summed E-state index contributed by atoms with van der Waals surface area (Å²) in [4.78, 5) is 4.53. The fourth-order valence-corrected chi connectivity index (χ4v) is 3.46. The van der Waals surface area contributed by atoms with Crippen LogP contribution in [0.15, 0.2) is 21.8 Å². The van der Waals surface area contributed by atoms with Crippen molar-refractivity contribution in [1.82, 2.24) is 5.32 Å². The van der Waals surface area contributed by atoms with Crippen molar-refractivity contribution < 1.29 is 0 Å². The number of hydrogen-bond donors (Lipinski definition) is 1. The molecule has 0 bridgehead atoms. The summed E-state index contributed by atoms with van der Waals surface area (Å²) in [6.07, 6.45) is 2.29. The molecule has 1 N–H and O–H groups in total. The third-order valence-corrected chi connectivity index (χ3v) is 4.68. The summed E-state index contributed by atoms with van der Waals surface area (Å²) in [5, 5.41) is 9.68. The Morgan fingerprint density at radius 2 is 2.50 bits per heavy atom. The van der Waals surface area contributed by atoms with Gasteiger partial charge in [0.15, 0.2) is 5.17 Å². The topological polar surface area (TPSA) is 24.4 Å². The van der Waals surface area contributed by atoms with Crippen molar-refractivity contribution >= 4 is 28.3 Å². The number of nitrogens with one attached hydrogen (secondary N) is 1. The first-order valence-electron chi connectivity index (χ1n) is 5.76. The molecule has 2 heterocycles. The van der Waals surface area contributed by atoms with Crippen LogP contribution < -0.4 is 5.32 Å². The van der Waals surface area contributed by atoms with E-state index >= 15 is 0 Å². The monoisotopic (exact) mass is 254 g/mol. The van der Waals surface area contributed by atoms with Crippen LogP contribution in [0.2, 0.25) is 0 Å². The summed E-state index contributed by atoms with van der Waals surface area (Å²) < 4.78 is 0. The number of aliphatic imine (C=N–C) groups is 1. The molecule has 1 aliphatic heterocycles. The Kier molecular flexibility index (Phi) is 4.29. The fraction of sp³-hybridized carbons (Fsp3) is 0.583. The molecule has 0 saturated carbocycles. The average molecular weight is 254 g/mol. The molecule has 0 spiro atoms. The van der Waals surface area contributed by atoms with E-state index < -0.39 is 0 Å². The van der Waals surface area contributed by atoms with Crippen molar-refractivity contribution in [2.24, 2.45) is 4.99 Å². The van der Waals surface area contributed by atoms with Gasteiger partial charge in [0, 0.05) is 11.3 Å². The van der Waals surface area contributed by atoms with Crippen molar-refractivity contribution in [3.8, 4) is 0 Å². The summed E-state index contributed by atoms with van der Waals surface area (Å²) in [7, 11) is 0. The lowest BCUT2D eigenvalue weighted by Gasteiger charge is -2.14. The molecular formula is C12H18N2S2. The Morgan fingerprint density at radius 1 is 1.62 bits per heavy atom. The van der Waals surface area contributed by atoms with E-state index in [0.717, 1.165) is 18.1 Å². The Hall–Kier alpha value is -0.480. The quantitative estimate of drug-likeness (QED) is 0.892. The summed E-state index contributed by atoms with van der Waals surface area (Å²) >= 11 is 3.66. The molecule has 88 valence electrons. The van der Waals surface area contributed by atoms with E-state index in [2.05, 4.69) is 41.0 Å². The van der Waals surface area contributed by atoms with Crippen molar-refractivity contribution in [2.45, 2.75) is 38.0 Å². The molecule has 0 aromatic carbocycles. The molecule has 16 heavy (non-hydrogen) atoms. The number of thioether (sulfide) groups is 1. The molecule has 0 saturated heterocycles.